The molecule has 0 radical (unpaired) electrons. The van der Waals surface area contributed by atoms with Gasteiger partial charge in [0, 0.05) is 11.6 Å². The van der Waals surface area contributed by atoms with Gasteiger partial charge >= 0.3 is 5.69 Å². The summed E-state index contributed by atoms with van der Waals surface area (Å²) in [6, 6.07) is 1.44. The maximum absolute atomic E-state index is 13.0. The minimum Gasteiger partial charge on any atom is -0.258 e. The standard InChI is InChI=1S/C8H6F3NO2/c1-4-2-5(8(10)11)3-6(7(4)9)12(13)14/h2-3,8H,1H3. The van der Waals surface area contributed by atoms with Crippen LogP contribution in [0.5, 0.6) is 0 Å². The number of aryl methyl sites for hydroxylation is 1. The van der Waals surface area contributed by atoms with E-state index >= 15 is 0 Å². The van der Waals surface area contributed by atoms with E-state index in [1.54, 1.807) is 0 Å². The first-order valence-electron chi connectivity index (χ1n) is 3.66. The summed E-state index contributed by atoms with van der Waals surface area (Å²) < 4.78 is 37.4. The summed E-state index contributed by atoms with van der Waals surface area (Å²) in [5.74, 6) is -1.07. The summed E-state index contributed by atoms with van der Waals surface area (Å²) in [7, 11) is 0. The Morgan fingerprint density at radius 1 is 1.43 bits per heavy atom. The van der Waals surface area contributed by atoms with Crippen molar-refractivity contribution in [2.75, 3.05) is 0 Å². The Labute approximate surface area is 77.3 Å². The van der Waals surface area contributed by atoms with Gasteiger partial charge in [0.2, 0.25) is 5.82 Å². The third kappa shape index (κ3) is 1.84. The molecule has 0 aliphatic carbocycles. The fraction of sp³-hybridized carbons (Fsp3) is 0.250. The van der Waals surface area contributed by atoms with Gasteiger partial charge in [-0.05, 0) is 18.6 Å². The smallest absolute Gasteiger partial charge is 0.258 e. The number of hydrogen-bond donors (Lipinski definition) is 0. The van der Waals surface area contributed by atoms with Crippen LogP contribution in [0, 0.1) is 22.9 Å². The average Bonchev–Trinajstić information content (AvgIpc) is 2.08. The van der Waals surface area contributed by atoms with Gasteiger partial charge in [0.15, 0.2) is 0 Å². The summed E-state index contributed by atoms with van der Waals surface area (Å²) in [6.07, 6.45) is -2.84. The molecule has 3 nitrogen and oxygen atoms in total. The zero-order chi connectivity index (χ0) is 10.9. The van der Waals surface area contributed by atoms with Crippen LogP contribution in [-0.2, 0) is 0 Å². The highest BCUT2D eigenvalue weighted by Crippen LogP contribution is 2.27. The Morgan fingerprint density at radius 2 is 2.00 bits per heavy atom. The molecule has 0 saturated heterocycles. The van der Waals surface area contributed by atoms with Crippen molar-refractivity contribution in [3.63, 3.8) is 0 Å². The summed E-state index contributed by atoms with van der Waals surface area (Å²) in [5, 5.41) is 10.3. The predicted octanol–water partition coefficient (Wildman–Crippen LogP) is 2.98. The van der Waals surface area contributed by atoms with Crippen LogP contribution in [0.15, 0.2) is 12.1 Å². The lowest BCUT2D eigenvalue weighted by atomic mass is 10.1. The molecule has 14 heavy (non-hydrogen) atoms. The van der Waals surface area contributed by atoms with Crippen LogP contribution in [0.3, 0.4) is 0 Å². The largest absolute Gasteiger partial charge is 0.305 e. The van der Waals surface area contributed by atoms with Crippen molar-refractivity contribution >= 4 is 5.69 Å². The Balaban J connectivity index is 3.35. The van der Waals surface area contributed by atoms with E-state index < -0.39 is 28.4 Å². The van der Waals surface area contributed by atoms with Gasteiger partial charge in [0.25, 0.3) is 6.43 Å². The van der Waals surface area contributed by atoms with E-state index in [1.807, 2.05) is 0 Å². The SMILES string of the molecule is Cc1cc(C(F)F)cc([N+](=O)[O-])c1F. The molecule has 6 heteroatoms. The van der Waals surface area contributed by atoms with Gasteiger partial charge in [-0.3, -0.25) is 10.1 Å². The Bertz CT molecular complexity index is 379. The van der Waals surface area contributed by atoms with Crippen LogP contribution in [0.2, 0.25) is 0 Å². The summed E-state index contributed by atoms with van der Waals surface area (Å²) in [5.41, 5.74) is -1.62. The van der Waals surface area contributed by atoms with Crippen molar-refractivity contribution in [3.8, 4) is 0 Å². The molecule has 1 aromatic rings. The van der Waals surface area contributed by atoms with Crippen LogP contribution < -0.4 is 0 Å². The maximum Gasteiger partial charge on any atom is 0.305 e. The van der Waals surface area contributed by atoms with E-state index in [-0.39, 0.29) is 5.56 Å². The third-order valence-corrected chi connectivity index (χ3v) is 1.71. The first kappa shape index (κ1) is 10.5. The number of halogens is 3. The van der Waals surface area contributed by atoms with Gasteiger partial charge in [-0.1, -0.05) is 0 Å². The fourth-order valence-electron chi connectivity index (χ4n) is 1.04. The second-order valence-electron chi connectivity index (χ2n) is 2.73. The van der Waals surface area contributed by atoms with E-state index in [1.165, 1.54) is 6.92 Å². The summed E-state index contributed by atoms with van der Waals surface area (Å²) in [4.78, 5) is 9.25. The molecular formula is C8H6F3NO2. The van der Waals surface area contributed by atoms with E-state index in [4.69, 9.17) is 0 Å². The lowest BCUT2D eigenvalue weighted by Gasteiger charge is -2.02. The van der Waals surface area contributed by atoms with Crippen LogP contribution in [0.25, 0.3) is 0 Å². The molecule has 0 aromatic heterocycles. The van der Waals surface area contributed by atoms with Gasteiger partial charge in [-0.15, -0.1) is 0 Å². The van der Waals surface area contributed by atoms with E-state index in [0.717, 1.165) is 6.07 Å². The lowest BCUT2D eigenvalue weighted by molar-refractivity contribution is -0.387. The minimum absolute atomic E-state index is 0.158. The monoisotopic (exact) mass is 205 g/mol. The van der Waals surface area contributed by atoms with Gasteiger partial charge in [0.1, 0.15) is 0 Å². The van der Waals surface area contributed by atoms with Crippen molar-refractivity contribution in [2.45, 2.75) is 13.3 Å². The molecule has 0 bridgehead atoms. The van der Waals surface area contributed by atoms with Crippen LogP contribution in [0.4, 0.5) is 18.9 Å². The van der Waals surface area contributed by atoms with Gasteiger partial charge in [-0.25, -0.2) is 8.78 Å². The van der Waals surface area contributed by atoms with E-state index in [0.29, 0.717) is 6.07 Å². The lowest BCUT2D eigenvalue weighted by Crippen LogP contribution is -1.97. The molecule has 76 valence electrons. The average molecular weight is 205 g/mol. The Kier molecular flexibility index (Phi) is 2.73. The fourth-order valence-corrected chi connectivity index (χ4v) is 1.04. The molecule has 1 rings (SSSR count). The second-order valence-corrected chi connectivity index (χ2v) is 2.73. The normalized spacial score (nSPS) is 10.6. The molecule has 0 heterocycles. The summed E-state index contributed by atoms with van der Waals surface area (Å²) >= 11 is 0. The number of benzene rings is 1. The van der Waals surface area contributed by atoms with E-state index in [2.05, 4.69) is 0 Å². The first-order valence-corrected chi connectivity index (χ1v) is 3.66. The number of rotatable bonds is 2. The molecule has 0 unspecified atom stereocenters. The quantitative estimate of drug-likeness (QED) is 0.550. The van der Waals surface area contributed by atoms with Crippen molar-refractivity contribution < 1.29 is 18.1 Å². The van der Waals surface area contributed by atoms with Crippen molar-refractivity contribution in [2.24, 2.45) is 0 Å². The van der Waals surface area contributed by atoms with Crippen molar-refractivity contribution in [3.05, 3.63) is 39.2 Å². The zero-order valence-electron chi connectivity index (χ0n) is 7.13. The molecule has 1 aromatic carbocycles. The van der Waals surface area contributed by atoms with Gasteiger partial charge < -0.3 is 0 Å². The highest BCUT2D eigenvalue weighted by molar-refractivity contribution is 5.41. The number of nitrogens with zero attached hydrogens (tertiary/aromatic N) is 1. The summed E-state index contributed by atoms with van der Waals surface area (Å²) in [6.45, 7) is 1.20. The number of alkyl halides is 2. The van der Waals surface area contributed by atoms with E-state index in [9.17, 15) is 23.3 Å². The van der Waals surface area contributed by atoms with Gasteiger partial charge in [-0.2, -0.15) is 4.39 Å². The third-order valence-electron chi connectivity index (χ3n) is 1.71. The Morgan fingerprint density at radius 3 is 2.43 bits per heavy atom. The molecule has 0 spiro atoms. The van der Waals surface area contributed by atoms with Crippen LogP contribution in [-0.4, -0.2) is 4.92 Å². The van der Waals surface area contributed by atoms with Crippen LogP contribution >= 0.6 is 0 Å². The Hall–Kier alpha value is -1.59. The molecule has 0 aliphatic heterocycles. The second kappa shape index (κ2) is 3.65. The van der Waals surface area contributed by atoms with Crippen LogP contribution in [0.1, 0.15) is 17.6 Å². The maximum atomic E-state index is 13.0. The highest BCUT2D eigenvalue weighted by Gasteiger charge is 2.20. The zero-order valence-corrected chi connectivity index (χ0v) is 7.13. The van der Waals surface area contributed by atoms with Crippen molar-refractivity contribution in [1.29, 1.82) is 0 Å². The molecule has 0 saturated carbocycles. The topological polar surface area (TPSA) is 43.1 Å². The molecule has 0 fully saturated rings. The van der Waals surface area contributed by atoms with Gasteiger partial charge in [0.05, 0.1) is 4.92 Å². The molecule has 0 N–H and O–H groups in total. The molecule has 0 atom stereocenters. The molecule has 0 amide bonds. The molecule has 0 aliphatic rings. The molecular weight excluding hydrogens is 199 g/mol. The predicted molar refractivity (Wildman–Crippen MR) is 42.7 cm³/mol. The highest BCUT2D eigenvalue weighted by atomic mass is 19.3. The first-order chi connectivity index (χ1) is 6.43. The number of hydrogen-bond acceptors (Lipinski definition) is 2. The number of nitro benzene ring substituents is 1. The minimum atomic E-state index is -2.84. The van der Waals surface area contributed by atoms with Crippen molar-refractivity contribution in [1.82, 2.24) is 0 Å². The number of nitro groups is 1.